The molecule has 1 rings (SSSR count). The summed E-state index contributed by atoms with van der Waals surface area (Å²) in [5, 5.41) is 0. The van der Waals surface area contributed by atoms with Gasteiger partial charge in [-0.1, -0.05) is 32.4 Å². The van der Waals surface area contributed by atoms with Crippen LogP contribution in [0.3, 0.4) is 0 Å². The van der Waals surface area contributed by atoms with Crippen LogP contribution in [-0.4, -0.2) is 12.1 Å². The number of allylic oxidation sites excluding steroid dienone is 1. The molecule has 0 aliphatic carbocycles. The van der Waals surface area contributed by atoms with E-state index in [4.69, 9.17) is 4.74 Å². The van der Waals surface area contributed by atoms with Crippen LogP contribution < -0.4 is 0 Å². The lowest BCUT2D eigenvalue weighted by atomic mass is 9.85. The van der Waals surface area contributed by atoms with Gasteiger partial charge in [-0.25, -0.2) is 0 Å². The third-order valence-corrected chi connectivity index (χ3v) is 3.07. The SMILES string of the molecule is C/C1=C\CCCCC(=O)OC(C(C)(C)C)C1. The fourth-order valence-electron chi connectivity index (χ4n) is 1.88. The molecule has 0 N–H and O–H groups in total. The van der Waals surface area contributed by atoms with Gasteiger partial charge in [-0.05, 0) is 31.6 Å². The molecule has 0 bridgehead atoms. The van der Waals surface area contributed by atoms with Crippen molar-refractivity contribution in [1.29, 1.82) is 0 Å². The fourth-order valence-corrected chi connectivity index (χ4v) is 1.88. The van der Waals surface area contributed by atoms with Gasteiger partial charge in [0.25, 0.3) is 0 Å². The van der Waals surface area contributed by atoms with E-state index in [2.05, 4.69) is 33.8 Å². The van der Waals surface area contributed by atoms with Crippen LogP contribution in [0.1, 0.15) is 59.8 Å². The zero-order chi connectivity index (χ0) is 12.2. The van der Waals surface area contributed by atoms with Crippen molar-refractivity contribution in [3.8, 4) is 0 Å². The van der Waals surface area contributed by atoms with E-state index in [0.29, 0.717) is 6.42 Å². The van der Waals surface area contributed by atoms with E-state index < -0.39 is 0 Å². The summed E-state index contributed by atoms with van der Waals surface area (Å²) in [5.74, 6) is -0.0328. The smallest absolute Gasteiger partial charge is 0.306 e. The molecule has 1 aliphatic rings. The third-order valence-electron chi connectivity index (χ3n) is 3.07. The second kappa shape index (κ2) is 5.51. The number of ether oxygens (including phenoxy) is 1. The molecule has 1 atom stereocenters. The first-order valence-electron chi connectivity index (χ1n) is 6.24. The quantitative estimate of drug-likeness (QED) is 0.461. The Kier molecular flexibility index (Phi) is 4.57. The van der Waals surface area contributed by atoms with Crippen LogP contribution >= 0.6 is 0 Å². The molecule has 0 radical (unpaired) electrons. The summed E-state index contributed by atoms with van der Waals surface area (Å²) in [5.41, 5.74) is 1.36. The van der Waals surface area contributed by atoms with E-state index in [1.807, 2.05) is 0 Å². The second-order valence-corrected chi connectivity index (χ2v) is 5.84. The first-order chi connectivity index (χ1) is 7.39. The van der Waals surface area contributed by atoms with Crippen molar-refractivity contribution in [1.82, 2.24) is 0 Å². The first kappa shape index (κ1) is 13.3. The molecule has 0 aromatic rings. The van der Waals surface area contributed by atoms with Gasteiger partial charge in [0.15, 0.2) is 0 Å². The van der Waals surface area contributed by atoms with Crippen LogP contribution in [0.4, 0.5) is 0 Å². The van der Waals surface area contributed by atoms with E-state index in [-0.39, 0.29) is 17.5 Å². The molecule has 0 aromatic heterocycles. The molecular weight excluding hydrogens is 200 g/mol. The summed E-state index contributed by atoms with van der Waals surface area (Å²) in [7, 11) is 0. The predicted molar refractivity (Wildman–Crippen MR) is 66.2 cm³/mol. The minimum absolute atomic E-state index is 0.00866. The molecule has 0 spiro atoms. The highest BCUT2D eigenvalue weighted by molar-refractivity contribution is 5.69. The summed E-state index contributed by atoms with van der Waals surface area (Å²) in [6.07, 6.45) is 6.86. The Balaban J connectivity index is 2.77. The molecule has 0 aromatic carbocycles. The second-order valence-electron chi connectivity index (χ2n) is 5.84. The normalized spacial score (nSPS) is 27.9. The Morgan fingerprint density at radius 1 is 1.31 bits per heavy atom. The molecular formula is C14H24O2. The van der Waals surface area contributed by atoms with E-state index in [9.17, 15) is 4.79 Å². The van der Waals surface area contributed by atoms with Crippen molar-refractivity contribution >= 4 is 5.97 Å². The molecule has 2 nitrogen and oxygen atoms in total. The number of carbonyl (C=O) groups is 1. The maximum Gasteiger partial charge on any atom is 0.306 e. The summed E-state index contributed by atoms with van der Waals surface area (Å²) < 4.78 is 5.58. The lowest BCUT2D eigenvalue weighted by Gasteiger charge is -2.31. The molecule has 0 saturated carbocycles. The van der Waals surface area contributed by atoms with Crippen LogP contribution in [0.25, 0.3) is 0 Å². The number of hydrogen-bond donors (Lipinski definition) is 0. The van der Waals surface area contributed by atoms with E-state index in [1.165, 1.54) is 5.57 Å². The molecule has 2 heteroatoms. The van der Waals surface area contributed by atoms with Crippen LogP contribution in [0.2, 0.25) is 0 Å². The Bertz CT molecular complexity index is 271. The van der Waals surface area contributed by atoms with Crippen molar-refractivity contribution in [3.63, 3.8) is 0 Å². The van der Waals surface area contributed by atoms with Crippen LogP contribution in [0.5, 0.6) is 0 Å². The van der Waals surface area contributed by atoms with Gasteiger partial charge < -0.3 is 4.74 Å². The van der Waals surface area contributed by atoms with Gasteiger partial charge in [0, 0.05) is 12.8 Å². The van der Waals surface area contributed by atoms with Gasteiger partial charge in [-0.15, -0.1) is 0 Å². The summed E-state index contributed by atoms with van der Waals surface area (Å²) in [6, 6.07) is 0. The standard InChI is InChI=1S/C14H24O2/c1-11-8-6-5-7-9-13(15)16-12(10-11)14(2,3)4/h8,12H,5-7,9-10H2,1-4H3/b11-8+. The largest absolute Gasteiger partial charge is 0.461 e. The molecule has 1 heterocycles. The molecule has 1 aliphatic heterocycles. The van der Waals surface area contributed by atoms with Crippen molar-refractivity contribution in [2.45, 2.75) is 65.9 Å². The molecule has 16 heavy (non-hydrogen) atoms. The van der Waals surface area contributed by atoms with Crippen molar-refractivity contribution in [3.05, 3.63) is 11.6 Å². The van der Waals surface area contributed by atoms with Crippen molar-refractivity contribution in [2.75, 3.05) is 0 Å². The van der Waals surface area contributed by atoms with Crippen LogP contribution in [0.15, 0.2) is 11.6 Å². The van der Waals surface area contributed by atoms with E-state index in [1.54, 1.807) is 0 Å². The monoisotopic (exact) mass is 224 g/mol. The number of carbonyl (C=O) groups excluding carboxylic acids is 1. The van der Waals surface area contributed by atoms with Crippen LogP contribution in [-0.2, 0) is 9.53 Å². The summed E-state index contributed by atoms with van der Waals surface area (Å²) >= 11 is 0. The number of cyclic esters (lactones) is 1. The molecule has 1 unspecified atom stereocenters. The Morgan fingerprint density at radius 3 is 2.62 bits per heavy atom. The molecule has 0 amide bonds. The number of rotatable bonds is 0. The van der Waals surface area contributed by atoms with Gasteiger partial charge in [0.1, 0.15) is 6.10 Å². The maximum absolute atomic E-state index is 11.6. The Hall–Kier alpha value is -0.790. The lowest BCUT2D eigenvalue weighted by Crippen LogP contribution is -2.32. The lowest BCUT2D eigenvalue weighted by molar-refractivity contribution is -0.154. The predicted octanol–water partition coefficient (Wildman–Crippen LogP) is 3.85. The van der Waals surface area contributed by atoms with Crippen molar-refractivity contribution < 1.29 is 9.53 Å². The van der Waals surface area contributed by atoms with Gasteiger partial charge in [-0.3, -0.25) is 4.79 Å². The highest BCUT2D eigenvalue weighted by Gasteiger charge is 2.28. The van der Waals surface area contributed by atoms with Gasteiger partial charge in [-0.2, -0.15) is 0 Å². The Labute approximate surface area is 99.1 Å². The zero-order valence-corrected chi connectivity index (χ0v) is 11.0. The summed E-state index contributed by atoms with van der Waals surface area (Å²) in [6.45, 7) is 8.52. The zero-order valence-electron chi connectivity index (χ0n) is 11.0. The van der Waals surface area contributed by atoms with Gasteiger partial charge >= 0.3 is 5.97 Å². The molecule has 0 saturated heterocycles. The molecule has 92 valence electrons. The minimum Gasteiger partial charge on any atom is -0.461 e. The van der Waals surface area contributed by atoms with Gasteiger partial charge in [0.05, 0.1) is 0 Å². The Morgan fingerprint density at radius 2 is 2.00 bits per heavy atom. The average Bonchev–Trinajstić information content (AvgIpc) is 2.14. The highest BCUT2D eigenvalue weighted by Crippen LogP contribution is 2.29. The van der Waals surface area contributed by atoms with E-state index in [0.717, 1.165) is 25.7 Å². The topological polar surface area (TPSA) is 26.3 Å². The number of hydrogen-bond acceptors (Lipinski definition) is 2. The third kappa shape index (κ3) is 4.38. The average molecular weight is 224 g/mol. The van der Waals surface area contributed by atoms with E-state index >= 15 is 0 Å². The molecule has 0 fully saturated rings. The first-order valence-corrected chi connectivity index (χ1v) is 6.24. The summed E-state index contributed by atoms with van der Waals surface area (Å²) in [4.78, 5) is 11.6. The maximum atomic E-state index is 11.6. The highest BCUT2D eigenvalue weighted by atomic mass is 16.5. The fraction of sp³-hybridized carbons (Fsp3) is 0.786. The van der Waals surface area contributed by atoms with Crippen LogP contribution in [0, 0.1) is 5.41 Å². The van der Waals surface area contributed by atoms with Crippen molar-refractivity contribution in [2.24, 2.45) is 5.41 Å². The van der Waals surface area contributed by atoms with Gasteiger partial charge in [0.2, 0.25) is 0 Å². The minimum atomic E-state index is -0.0328. The number of esters is 1.